The van der Waals surface area contributed by atoms with Crippen molar-refractivity contribution in [3.05, 3.63) is 65.7 Å². The highest BCUT2D eigenvalue weighted by atomic mass is 15.1. The fourth-order valence-corrected chi connectivity index (χ4v) is 4.48. The molecule has 1 aliphatic rings. The molecule has 4 N–H and O–H groups in total. The third-order valence-electron chi connectivity index (χ3n) is 6.20. The lowest BCUT2D eigenvalue weighted by Gasteiger charge is -2.13. The first kappa shape index (κ1) is 24.8. The summed E-state index contributed by atoms with van der Waals surface area (Å²) in [5.74, 6) is 1.49. The largest absolute Gasteiger partial charge is 0.373 e. The van der Waals surface area contributed by atoms with Crippen LogP contribution in [0.3, 0.4) is 0 Å². The average molecular weight is 448 g/mol. The van der Waals surface area contributed by atoms with Gasteiger partial charge in [-0.25, -0.2) is 4.99 Å². The number of fused-ring (bicyclic) bond motifs is 1. The summed E-state index contributed by atoms with van der Waals surface area (Å²) in [6.45, 7) is 10.7. The molecule has 5 nitrogen and oxygen atoms in total. The number of aliphatic imine (C=N–C) groups is 1. The van der Waals surface area contributed by atoms with Crippen molar-refractivity contribution < 1.29 is 0 Å². The van der Waals surface area contributed by atoms with Gasteiger partial charge in [-0.15, -0.1) is 0 Å². The van der Waals surface area contributed by atoms with Crippen molar-refractivity contribution in [2.75, 3.05) is 25.5 Å². The van der Waals surface area contributed by atoms with Crippen LogP contribution in [-0.2, 0) is 6.42 Å². The van der Waals surface area contributed by atoms with Crippen LogP contribution < -0.4 is 16.0 Å². The van der Waals surface area contributed by atoms with Crippen LogP contribution >= 0.6 is 0 Å². The normalized spacial score (nSPS) is 14.6. The second-order valence-corrected chi connectivity index (χ2v) is 8.74. The maximum atomic E-state index is 4.76. The van der Waals surface area contributed by atoms with Gasteiger partial charge in [0.1, 0.15) is 11.7 Å². The smallest absolute Gasteiger partial charge is 0.135 e. The highest BCUT2D eigenvalue weighted by Gasteiger charge is 2.14. The molecule has 0 unspecified atom stereocenters. The molecule has 1 aliphatic carbocycles. The van der Waals surface area contributed by atoms with Gasteiger partial charge in [0.05, 0.1) is 0 Å². The first-order chi connectivity index (χ1) is 16.2. The Labute approximate surface area is 199 Å². The minimum Gasteiger partial charge on any atom is -0.373 e. The number of rotatable bonds is 13. The molecule has 0 saturated carbocycles. The molecule has 0 amide bonds. The molecule has 0 aliphatic heterocycles. The third-order valence-corrected chi connectivity index (χ3v) is 6.20. The van der Waals surface area contributed by atoms with Gasteiger partial charge in [-0.2, -0.15) is 0 Å². The van der Waals surface area contributed by atoms with E-state index < -0.39 is 0 Å². The molecule has 0 radical (unpaired) electrons. The molecule has 1 heterocycles. The number of allylic oxidation sites excluding steroid dienone is 2. The number of unbranched alkanes of at least 4 members (excludes halogenated alkanes) is 2. The van der Waals surface area contributed by atoms with Crippen LogP contribution in [0.5, 0.6) is 0 Å². The molecular weight excluding hydrogens is 406 g/mol. The van der Waals surface area contributed by atoms with Crippen molar-refractivity contribution in [3.63, 3.8) is 0 Å². The Bertz CT molecular complexity index is 1010. The van der Waals surface area contributed by atoms with Crippen LogP contribution in [0.4, 0.5) is 5.69 Å². The number of hydrogen-bond donors (Lipinski definition) is 4. The fraction of sp³-hybridized carbons (Fsp3) is 0.464. The SMILES string of the molecule is C=C(/N=C(NC)\C(=C/C)C1=CCCC1)Nc1ccc2[nH]cc(CCCCCNCCC)c2c1. The van der Waals surface area contributed by atoms with Crippen LogP contribution in [0, 0.1) is 0 Å². The summed E-state index contributed by atoms with van der Waals surface area (Å²) < 4.78 is 0. The topological polar surface area (TPSA) is 64.2 Å². The molecule has 178 valence electrons. The quantitative estimate of drug-likeness (QED) is 0.162. The summed E-state index contributed by atoms with van der Waals surface area (Å²) in [7, 11) is 1.92. The lowest BCUT2D eigenvalue weighted by molar-refractivity contribution is 0.599. The third kappa shape index (κ3) is 7.10. The number of H-pyrrole nitrogens is 1. The zero-order valence-electron chi connectivity index (χ0n) is 20.7. The number of likely N-dealkylation sites (N-methyl/N-ethyl adjacent to an activating group) is 1. The molecule has 0 fully saturated rings. The number of nitrogens with one attached hydrogen (secondary N) is 4. The average Bonchev–Trinajstić information content (AvgIpc) is 3.48. The molecule has 5 heteroatoms. The van der Waals surface area contributed by atoms with E-state index in [0.717, 1.165) is 43.9 Å². The van der Waals surface area contributed by atoms with Crippen LogP contribution in [0.15, 0.2) is 65.1 Å². The van der Waals surface area contributed by atoms with Gasteiger partial charge in [0.2, 0.25) is 0 Å². The van der Waals surface area contributed by atoms with E-state index in [1.165, 1.54) is 59.7 Å². The maximum Gasteiger partial charge on any atom is 0.135 e. The predicted molar refractivity (Wildman–Crippen MR) is 144 cm³/mol. The van der Waals surface area contributed by atoms with Gasteiger partial charge < -0.3 is 20.9 Å². The molecular formula is C28H41N5. The number of nitrogens with zero attached hydrogens (tertiary/aromatic N) is 1. The van der Waals surface area contributed by atoms with Crippen LogP contribution in [0.25, 0.3) is 10.9 Å². The Hall–Kier alpha value is -2.79. The van der Waals surface area contributed by atoms with Crippen molar-refractivity contribution >= 4 is 22.4 Å². The summed E-state index contributed by atoms with van der Waals surface area (Å²) in [6.07, 6.45) is 16.1. The van der Waals surface area contributed by atoms with Crippen molar-refractivity contribution in [2.45, 2.75) is 65.2 Å². The van der Waals surface area contributed by atoms with Gasteiger partial charge in [-0.3, -0.25) is 0 Å². The monoisotopic (exact) mass is 447 g/mol. The van der Waals surface area contributed by atoms with Crippen LogP contribution in [0.2, 0.25) is 0 Å². The Kier molecular flexibility index (Phi) is 9.82. The number of amidine groups is 1. The first-order valence-corrected chi connectivity index (χ1v) is 12.6. The van der Waals surface area contributed by atoms with Crippen molar-refractivity contribution in [2.24, 2.45) is 4.99 Å². The maximum absolute atomic E-state index is 4.76. The van der Waals surface area contributed by atoms with E-state index in [1.54, 1.807) is 0 Å². The van der Waals surface area contributed by atoms with E-state index in [0.29, 0.717) is 5.82 Å². The Morgan fingerprint density at radius 2 is 2.09 bits per heavy atom. The lowest BCUT2D eigenvalue weighted by atomic mass is 10.0. The van der Waals surface area contributed by atoms with E-state index in [4.69, 9.17) is 4.99 Å². The van der Waals surface area contributed by atoms with Crippen molar-refractivity contribution in [1.82, 2.24) is 15.6 Å². The van der Waals surface area contributed by atoms with Gasteiger partial charge in [0.25, 0.3) is 0 Å². The molecule has 0 atom stereocenters. The number of aryl methyl sites for hydroxylation is 1. The molecule has 1 aromatic carbocycles. The van der Waals surface area contributed by atoms with E-state index in [1.807, 2.05) is 7.05 Å². The standard InChI is InChI=1S/C28H41N5/c1-5-17-30-18-11-7-8-14-23-20-31-27-16-15-24(19-26(23)27)32-21(3)33-28(29-4)25(6-2)22-12-9-10-13-22/h6,12,15-16,19-20,30-32H,3,5,7-11,13-14,17-18H2,1-2,4H3,(H,29,33)/b25-6-. The van der Waals surface area contributed by atoms with Crippen molar-refractivity contribution in [3.8, 4) is 0 Å². The van der Waals surface area contributed by atoms with Gasteiger partial charge >= 0.3 is 0 Å². The second kappa shape index (κ2) is 13.0. The van der Waals surface area contributed by atoms with Gasteiger partial charge in [-0.05, 0) is 94.3 Å². The second-order valence-electron chi connectivity index (χ2n) is 8.74. The predicted octanol–water partition coefficient (Wildman–Crippen LogP) is 6.44. The Balaban J connectivity index is 1.62. The molecule has 3 rings (SSSR count). The van der Waals surface area contributed by atoms with E-state index in [9.17, 15) is 0 Å². The molecule has 1 aromatic heterocycles. The van der Waals surface area contributed by atoms with Gasteiger partial charge in [0, 0.05) is 35.4 Å². The highest BCUT2D eigenvalue weighted by Crippen LogP contribution is 2.27. The number of aromatic amines is 1. The summed E-state index contributed by atoms with van der Waals surface area (Å²) in [5.41, 5.74) is 6.11. The number of benzene rings is 1. The molecule has 0 spiro atoms. The van der Waals surface area contributed by atoms with Gasteiger partial charge in [0.15, 0.2) is 0 Å². The zero-order chi connectivity index (χ0) is 23.5. The van der Waals surface area contributed by atoms with Gasteiger partial charge in [-0.1, -0.05) is 32.1 Å². The summed E-state index contributed by atoms with van der Waals surface area (Å²) in [4.78, 5) is 8.18. The van der Waals surface area contributed by atoms with Crippen molar-refractivity contribution in [1.29, 1.82) is 0 Å². The minimum absolute atomic E-state index is 0.633. The van der Waals surface area contributed by atoms with E-state index >= 15 is 0 Å². The van der Waals surface area contributed by atoms with E-state index in [-0.39, 0.29) is 0 Å². The summed E-state index contributed by atoms with van der Waals surface area (Å²) in [6, 6.07) is 6.42. The zero-order valence-corrected chi connectivity index (χ0v) is 20.7. The number of hydrogen-bond acceptors (Lipinski definition) is 3. The van der Waals surface area contributed by atoms with E-state index in [2.05, 4.69) is 77.9 Å². The first-order valence-electron chi connectivity index (χ1n) is 12.6. The van der Waals surface area contributed by atoms with Crippen LogP contribution in [-0.4, -0.2) is 31.0 Å². The van der Waals surface area contributed by atoms with Crippen LogP contribution in [0.1, 0.15) is 64.4 Å². The summed E-state index contributed by atoms with van der Waals surface area (Å²) in [5, 5.41) is 11.4. The lowest BCUT2D eigenvalue weighted by Crippen LogP contribution is -2.22. The molecule has 33 heavy (non-hydrogen) atoms. The fourth-order valence-electron chi connectivity index (χ4n) is 4.48. The Morgan fingerprint density at radius 1 is 1.21 bits per heavy atom. The molecule has 0 saturated heterocycles. The number of anilines is 1. The summed E-state index contributed by atoms with van der Waals surface area (Å²) >= 11 is 0. The molecule has 0 bridgehead atoms. The minimum atomic E-state index is 0.633. The highest BCUT2D eigenvalue weighted by molar-refractivity contribution is 6.02. The Morgan fingerprint density at radius 3 is 2.82 bits per heavy atom. The molecule has 2 aromatic rings. The number of aromatic nitrogens is 1.